The summed E-state index contributed by atoms with van der Waals surface area (Å²) in [5, 5.41) is 0.820. The highest BCUT2D eigenvalue weighted by Gasteiger charge is 2.48. The summed E-state index contributed by atoms with van der Waals surface area (Å²) in [6.45, 7) is 5.39. The molecule has 0 spiro atoms. The molecular formula is C17H20N2O3. The Morgan fingerprint density at radius 3 is 2.45 bits per heavy atom. The summed E-state index contributed by atoms with van der Waals surface area (Å²) in [6.07, 6.45) is 1.29. The molecule has 0 atom stereocenters. The summed E-state index contributed by atoms with van der Waals surface area (Å²) < 4.78 is 6.84. The Bertz CT molecular complexity index is 764. The first-order chi connectivity index (χ1) is 10.2. The van der Waals surface area contributed by atoms with Crippen LogP contribution in [0.2, 0.25) is 0 Å². The Kier molecular flexibility index (Phi) is 3.14. The third-order valence-corrected chi connectivity index (χ3v) is 3.74. The molecule has 22 heavy (non-hydrogen) atoms. The molecule has 1 aliphatic rings. The van der Waals surface area contributed by atoms with E-state index >= 15 is 0 Å². The van der Waals surface area contributed by atoms with Gasteiger partial charge in [0.2, 0.25) is 0 Å². The predicted molar refractivity (Wildman–Crippen MR) is 83.9 cm³/mol. The van der Waals surface area contributed by atoms with Gasteiger partial charge in [-0.1, -0.05) is 18.2 Å². The van der Waals surface area contributed by atoms with Gasteiger partial charge >= 0.3 is 5.97 Å². The maximum atomic E-state index is 12.7. The van der Waals surface area contributed by atoms with E-state index in [-0.39, 0.29) is 11.6 Å². The molecule has 1 fully saturated rings. The zero-order chi connectivity index (χ0) is 16.1. The minimum Gasteiger partial charge on any atom is -0.455 e. The number of ether oxygens (including phenoxy) is 1. The van der Waals surface area contributed by atoms with Crippen molar-refractivity contribution in [1.82, 2.24) is 4.57 Å². The molecule has 1 aromatic heterocycles. The highest BCUT2D eigenvalue weighted by Crippen LogP contribution is 2.36. The maximum absolute atomic E-state index is 12.7. The zero-order valence-corrected chi connectivity index (χ0v) is 13.1. The first-order valence-electron chi connectivity index (χ1n) is 7.39. The fourth-order valence-corrected chi connectivity index (χ4v) is 2.43. The Balaban J connectivity index is 2.13. The summed E-state index contributed by atoms with van der Waals surface area (Å²) in [7, 11) is 0. The van der Waals surface area contributed by atoms with Crippen LogP contribution in [0.15, 0.2) is 30.3 Å². The molecule has 0 saturated heterocycles. The van der Waals surface area contributed by atoms with Crippen LogP contribution in [0.3, 0.4) is 0 Å². The van der Waals surface area contributed by atoms with E-state index < -0.39 is 17.1 Å². The second kappa shape index (κ2) is 4.68. The number of carbonyl (C=O) groups is 2. The van der Waals surface area contributed by atoms with E-state index in [4.69, 9.17) is 10.5 Å². The molecular weight excluding hydrogens is 280 g/mol. The van der Waals surface area contributed by atoms with Gasteiger partial charge in [0.15, 0.2) is 0 Å². The molecule has 1 saturated carbocycles. The summed E-state index contributed by atoms with van der Waals surface area (Å²) in [6, 6.07) is 9.06. The van der Waals surface area contributed by atoms with Crippen LogP contribution in [0.1, 0.15) is 48.9 Å². The Hall–Kier alpha value is -2.14. The standard InChI is InChI=1S/C17H20N2O3/c1-16(2,3)22-14(20)13-10-11-6-4-5-7-12(11)19(13)15(21)17(18)8-9-17/h4-7,10H,8-9,18H2,1-3H3. The van der Waals surface area contributed by atoms with Crippen molar-refractivity contribution < 1.29 is 14.3 Å². The van der Waals surface area contributed by atoms with E-state index in [2.05, 4.69) is 0 Å². The normalized spacial score (nSPS) is 16.5. The number of rotatable bonds is 2. The number of nitrogens with two attached hydrogens (primary N) is 1. The molecule has 0 radical (unpaired) electrons. The fourth-order valence-electron chi connectivity index (χ4n) is 2.43. The van der Waals surface area contributed by atoms with Crippen molar-refractivity contribution in [2.24, 2.45) is 5.73 Å². The SMILES string of the molecule is CC(C)(C)OC(=O)c1cc2ccccc2n1C(=O)C1(N)CC1. The number of esters is 1. The van der Waals surface area contributed by atoms with Crippen molar-refractivity contribution in [1.29, 1.82) is 0 Å². The summed E-state index contributed by atoms with van der Waals surface area (Å²) in [5.74, 6) is -0.754. The Morgan fingerprint density at radius 2 is 1.86 bits per heavy atom. The lowest BCUT2D eigenvalue weighted by atomic mass is 10.2. The molecule has 0 aliphatic heterocycles. The summed E-state index contributed by atoms with van der Waals surface area (Å²) in [4.78, 5) is 25.2. The van der Waals surface area contributed by atoms with Crippen LogP contribution >= 0.6 is 0 Å². The molecule has 1 aliphatic carbocycles. The average Bonchev–Trinajstić information content (AvgIpc) is 3.05. The van der Waals surface area contributed by atoms with E-state index in [1.807, 2.05) is 24.3 Å². The predicted octanol–water partition coefficient (Wildman–Crippen LogP) is 2.73. The maximum Gasteiger partial charge on any atom is 0.355 e. The molecule has 5 nitrogen and oxygen atoms in total. The quantitative estimate of drug-likeness (QED) is 0.865. The molecule has 1 heterocycles. The Labute approximate surface area is 129 Å². The molecule has 5 heteroatoms. The van der Waals surface area contributed by atoms with Crippen LogP contribution in [0.5, 0.6) is 0 Å². The molecule has 116 valence electrons. The number of hydrogen-bond donors (Lipinski definition) is 1. The number of fused-ring (bicyclic) bond motifs is 1. The summed E-state index contributed by atoms with van der Waals surface area (Å²) in [5.41, 5.74) is 5.49. The van der Waals surface area contributed by atoms with E-state index in [0.29, 0.717) is 18.4 Å². The minimum atomic E-state index is -0.849. The van der Waals surface area contributed by atoms with Gasteiger partial charge in [-0.25, -0.2) is 4.79 Å². The molecule has 3 rings (SSSR count). The fraction of sp³-hybridized carbons (Fsp3) is 0.412. The van der Waals surface area contributed by atoms with Crippen molar-refractivity contribution in [3.8, 4) is 0 Å². The van der Waals surface area contributed by atoms with Crippen LogP contribution in [0.25, 0.3) is 10.9 Å². The first-order valence-corrected chi connectivity index (χ1v) is 7.39. The highest BCUT2D eigenvalue weighted by molar-refractivity contribution is 6.06. The number of carbonyl (C=O) groups excluding carboxylic acids is 2. The number of aromatic nitrogens is 1. The van der Waals surface area contributed by atoms with Crippen LogP contribution in [-0.4, -0.2) is 27.6 Å². The molecule has 2 aromatic rings. The van der Waals surface area contributed by atoms with Crippen molar-refractivity contribution in [2.75, 3.05) is 0 Å². The van der Waals surface area contributed by atoms with Crippen LogP contribution in [0, 0.1) is 0 Å². The van der Waals surface area contributed by atoms with Gasteiger partial charge in [0.05, 0.1) is 11.1 Å². The van der Waals surface area contributed by atoms with Gasteiger partial charge in [-0.2, -0.15) is 0 Å². The molecule has 2 N–H and O–H groups in total. The van der Waals surface area contributed by atoms with Gasteiger partial charge in [-0.15, -0.1) is 0 Å². The third-order valence-electron chi connectivity index (χ3n) is 3.74. The Morgan fingerprint density at radius 1 is 1.23 bits per heavy atom. The lowest BCUT2D eigenvalue weighted by Gasteiger charge is -2.20. The molecule has 1 aromatic carbocycles. The topological polar surface area (TPSA) is 74.3 Å². The van der Waals surface area contributed by atoms with Crippen molar-refractivity contribution in [2.45, 2.75) is 44.8 Å². The van der Waals surface area contributed by atoms with Crippen LogP contribution in [0.4, 0.5) is 0 Å². The third kappa shape index (κ3) is 2.52. The molecule has 0 unspecified atom stereocenters. The van der Waals surface area contributed by atoms with Crippen LogP contribution < -0.4 is 5.73 Å². The first kappa shape index (κ1) is 14.8. The van der Waals surface area contributed by atoms with Gasteiger partial charge < -0.3 is 10.5 Å². The van der Waals surface area contributed by atoms with Gasteiger partial charge in [0, 0.05) is 5.39 Å². The highest BCUT2D eigenvalue weighted by atomic mass is 16.6. The van der Waals surface area contributed by atoms with E-state index in [1.165, 1.54) is 4.57 Å². The minimum absolute atomic E-state index is 0.234. The van der Waals surface area contributed by atoms with E-state index in [0.717, 1.165) is 5.39 Å². The van der Waals surface area contributed by atoms with E-state index in [1.54, 1.807) is 26.8 Å². The zero-order valence-electron chi connectivity index (χ0n) is 13.1. The molecule has 0 amide bonds. The summed E-state index contributed by atoms with van der Waals surface area (Å²) >= 11 is 0. The van der Waals surface area contributed by atoms with Gasteiger partial charge in [0.25, 0.3) is 5.91 Å². The van der Waals surface area contributed by atoms with Gasteiger partial charge in [0.1, 0.15) is 11.3 Å². The number of hydrogen-bond acceptors (Lipinski definition) is 4. The van der Waals surface area contributed by atoms with Crippen molar-refractivity contribution in [3.05, 3.63) is 36.0 Å². The average molecular weight is 300 g/mol. The second-order valence-electron chi connectivity index (χ2n) is 6.89. The van der Waals surface area contributed by atoms with Crippen LogP contribution in [-0.2, 0) is 4.74 Å². The largest absolute Gasteiger partial charge is 0.455 e. The number of nitrogens with zero attached hydrogens (tertiary/aromatic N) is 1. The number of para-hydroxylation sites is 1. The second-order valence-corrected chi connectivity index (χ2v) is 6.89. The van der Waals surface area contributed by atoms with Crippen molar-refractivity contribution >= 4 is 22.8 Å². The lowest BCUT2D eigenvalue weighted by molar-refractivity contribution is 0.00572. The smallest absolute Gasteiger partial charge is 0.355 e. The van der Waals surface area contributed by atoms with Crippen molar-refractivity contribution in [3.63, 3.8) is 0 Å². The number of benzene rings is 1. The van der Waals surface area contributed by atoms with E-state index in [9.17, 15) is 9.59 Å². The monoisotopic (exact) mass is 300 g/mol. The lowest BCUT2D eigenvalue weighted by Crippen LogP contribution is -2.38. The van der Waals surface area contributed by atoms with Gasteiger partial charge in [-0.05, 0) is 45.7 Å². The molecule has 0 bridgehead atoms. The van der Waals surface area contributed by atoms with Gasteiger partial charge in [-0.3, -0.25) is 9.36 Å².